The number of imide groups is 1. The molecule has 8 nitrogen and oxygen atoms in total. The summed E-state index contributed by atoms with van der Waals surface area (Å²) < 4.78 is 60.4. The average molecular weight is 660 g/mol. The zero-order valence-electron chi connectivity index (χ0n) is 26.4. The van der Waals surface area contributed by atoms with Gasteiger partial charge in [0.1, 0.15) is 18.1 Å². The second-order valence-corrected chi connectivity index (χ2v) is 13.6. The lowest BCUT2D eigenvalue weighted by molar-refractivity contribution is -0.204. The van der Waals surface area contributed by atoms with Crippen LogP contribution in [0.25, 0.3) is 0 Å². The molecule has 4 aliphatic rings. The molecule has 47 heavy (non-hydrogen) atoms. The number of aryl methyl sites for hydroxylation is 1. The molecule has 2 N–H and O–H groups in total. The fourth-order valence-electron chi connectivity index (χ4n) is 8.04. The van der Waals surface area contributed by atoms with E-state index in [1.807, 2.05) is 0 Å². The van der Waals surface area contributed by atoms with E-state index in [1.54, 1.807) is 18.2 Å². The molecule has 0 bridgehead atoms. The van der Waals surface area contributed by atoms with Crippen molar-refractivity contribution in [3.8, 4) is 0 Å². The molecule has 2 unspecified atom stereocenters. The number of carbonyl (C=O) groups is 3. The Labute approximate surface area is 271 Å². The van der Waals surface area contributed by atoms with E-state index in [9.17, 15) is 37.1 Å². The third kappa shape index (κ3) is 6.76. The number of alkyl halides is 3. The molecule has 3 aliphatic carbocycles. The van der Waals surface area contributed by atoms with Gasteiger partial charge in [-0.25, -0.2) is 14.1 Å². The quantitative estimate of drug-likeness (QED) is 0.231. The first-order valence-electron chi connectivity index (χ1n) is 16.6. The van der Waals surface area contributed by atoms with Gasteiger partial charge in [-0.3, -0.25) is 14.5 Å². The van der Waals surface area contributed by atoms with Gasteiger partial charge in [0, 0.05) is 30.1 Å². The minimum absolute atomic E-state index is 0.0238. The molecule has 1 spiro atoms. The SMILES string of the molecule is C[C@H](N(Cc1ccc(F)cc1)C(O)CN1C(=O)OC2(CCc3cc(NC(=O)C4CCC(C5CCCC5)CC4)ccc32)C1=O)C(F)(F)F. The molecule has 1 heterocycles. The number of aliphatic hydroxyl groups is 1. The lowest BCUT2D eigenvalue weighted by Gasteiger charge is -2.35. The van der Waals surface area contributed by atoms with Crippen molar-refractivity contribution in [2.45, 2.75) is 102 Å². The van der Waals surface area contributed by atoms with Crippen molar-refractivity contribution in [3.05, 3.63) is 65.0 Å². The first-order chi connectivity index (χ1) is 22.4. The summed E-state index contributed by atoms with van der Waals surface area (Å²) in [5, 5.41) is 14.0. The second-order valence-electron chi connectivity index (χ2n) is 13.6. The number of amides is 3. The Balaban J connectivity index is 1.12. The van der Waals surface area contributed by atoms with E-state index in [0.29, 0.717) is 33.0 Å². The highest BCUT2D eigenvalue weighted by Crippen LogP contribution is 2.46. The molecule has 254 valence electrons. The first kappa shape index (κ1) is 33.4. The fraction of sp³-hybridized carbons (Fsp3) is 0.571. The maximum Gasteiger partial charge on any atom is 0.418 e. The molecule has 3 fully saturated rings. The molecule has 2 aromatic carbocycles. The number of hydrogen-bond acceptors (Lipinski definition) is 6. The number of anilines is 1. The van der Waals surface area contributed by atoms with E-state index < -0.39 is 55.0 Å². The lowest BCUT2D eigenvalue weighted by atomic mass is 9.75. The summed E-state index contributed by atoms with van der Waals surface area (Å²) >= 11 is 0. The maximum atomic E-state index is 13.8. The molecule has 1 aliphatic heterocycles. The number of rotatable bonds is 9. The van der Waals surface area contributed by atoms with Gasteiger partial charge in [-0.2, -0.15) is 13.2 Å². The van der Waals surface area contributed by atoms with E-state index in [2.05, 4.69) is 5.32 Å². The van der Waals surface area contributed by atoms with Gasteiger partial charge in [0.15, 0.2) is 0 Å². The van der Waals surface area contributed by atoms with Crippen LogP contribution in [0.5, 0.6) is 0 Å². The molecule has 3 amide bonds. The number of β-amino-alcohol motifs (C(OH)–C–C–N with tert-alkyl or cyclic N) is 1. The molecule has 2 aromatic rings. The average Bonchev–Trinajstić information content (AvgIpc) is 3.76. The van der Waals surface area contributed by atoms with Gasteiger partial charge in [0.05, 0.1) is 6.54 Å². The number of halogens is 4. The Morgan fingerprint density at radius 1 is 1.04 bits per heavy atom. The largest absolute Gasteiger partial charge is 0.427 e. The molecule has 3 atom stereocenters. The highest BCUT2D eigenvalue weighted by atomic mass is 19.4. The number of nitrogens with one attached hydrogen (secondary N) is 1. The smallest absolute Gasteiger partial charge is 0.418 e. The van der Waals surface area contributed by atoms with E-state index >= 15 is 0 Å². The first-order valence-corrected chi connectivity index (χ1v) is 16.6. The maximum absolute atomic E-state index is 13.8. The van der Waals surface area contributed by atoms with Crippen molar-refractivity contribution < 1.29 is 41.8 Å². The standard InChI is InChI=1S/C35H41F4N3O5/c1-21(35(37,38)39)41(19-22-6-12-27(36)13-7-22)30(43)20-42-32(45)34(47-33(42)46)17-16-26-18-28(14-15-29(26)34)40-31(44)25-10-8-24(9-11-25)23-4-2-3-5-23/h6-7,12-15,18,21,23-25,30,43H,2-5,8-11,16-17,19-20H2,1H3,(H,40,44)/t21-,24?,25?,30?,34?/m0/s1. The summed E-state index contributed by atoms with van der Waals surface area (Å²) in [6, 6.07) is 7.74. The minimum Gasteiger partial charge on any atom is -0.427 e. The fourth-order valence-corrected chi connectivity index (χ4v) is 8.04. The Bertz CT molecular complexity index is 1490. The van der Waals surface area contributed by atoms with Crippen LogP contribution in [-0.4, -0.2) is 57.8 Å². The van der Waals surface area contributed by atoms with E-state index in [4.69, 9.17) is 4.74 Å². The zero-order chi connectivity index (χ0) is 33.5. The van der Waals surface area contributed by atoms with Gasteiger partial charge < -0.3 is 15.2 Å². The predicted octanol–water partition coefficient (Wildman–Crippen LogP) is 6.65. The number of carbonyl (C=O) groups excluding carboxylic acids is 3. The summed E-state index contributed by atoms with van der Waals surface area (Å²) in [6.45, 7) is -0.305. The number of benzene rings is 2. The molecule has 2 saturated carbocycles. The van der Waals surface area contributed by atoms with Gasteiger partial charge >= 0.3 is 12.3 Å². The van der Waals surface area contributed by atoms with E-state index in [0.717, 1.165) is 62.1 Å². The van der Waals surface area contributed by atoms with Crippen molar-refractivity contribution in [1.29, 1.82) is 0 Å². The lowest BCUT2D eigenvalue weighted by Crippen LogP contribution is -2.53. The Kier molecular flexibility index (Phi) is 9.37. The summed E-state index contributed by atoms with van der Waals surface area (Å²) in [4.78, 5) is 41.2. The predicted molar refractivity (Wildman–Crippen MR) is 164 cm³/mol. The monoisotopic (exact) mass is 659 g/mol. The van der Waals surface area contributed by atoms with Gasteiger partial charge in [-0.05, 0) is 86.3 Å². The van der Waals surface area contributed by atoms with Gasteiger partial charge in [-0.1, -0.05) is 43.9 Å². The number of hydrogen-bond donors (Lipinski definition) is 2. The third-order valence-corrected chi connectivity index (χ3v) is 10.8. The van der Waals surface area contributed by atoms with Crippen molar-refractivity contribution in [2.75, 3.05) is 11.9 Å². The van der Waals surface area contributed by atoms with Crippen molar-refractivity contribution in [2.24, 2.45) is 17.8 Å². The van der Waals surface area contributed by atoms with Gasteiger partial charge in [-0.15, -0.1) is 0 Å². The normalized spacial score (nSPS) is 26.1. The topological polar surface area (TPSA) is 99.2 Å². The molecule has 6 rings (SSSR count). The molecule has 0 aromatic heterocycles. The number of aliphatic hydroxyl groups excluding tert-OH is 1. The Morgan fingerprint density at radius 3 is 2.36 bits per heavy atom. The van der Waals surface area contributed by atoms with Crippen LogP contribution in [0, 0.1) is 23.6 Å². The molecule has 1 saturated heterocycles. The van der Waals surface area contributed by atoms with Crippen LogP contribution < -0.4 is 5.32 Å². The molecule has 0 radical (unpaired) electrons. The molecule has 12 heteroatoms. The van der Waals surface area contributed by atoms with Gasteiger partial charge in [0.2, 0.25) is 11.5 Å². The second kappa shape index (κ2) is 13.2. The number of nitrogens with zero attached hydrogens (tertiary/aromatic N) is 2. The summed E-state index contributed by atoms with van der Waals surface area (Å²) in [6.07, 6.45) is 1.95. The van der Waals surface area contributed by atoms with Crippen LogP contribution in [0.4, 0.5) is 28.0 Å². The highest BCUT2D eigenvalue weighted by Gasteiger charge is 2.58. The third-order valence-electron chi connectivity index (χ3n) is 10.8. The number of fused-ring (bicyclic) bond motifs is 2. The Hall–Kier alpha value is -3.51. The Morgan fingerprint density at radius 2 is 1.70 bits per heavy atom. The van der Waals surface area contributed by atoms with Crippen LogP contribution in [-0.2, 0) is 32.9 Å². The zero-order valence-corrected chi connectivity index (χ0v) is 26.4. The number of ether oxygens (including phenoxy) is 1. The van der Waals surface area contributed by atoms with E-state index in [1.165, 1.54) is 37.8 Å². The molecular weight excluding hydrogens is 618 g/mol. The van der Waals surface area contributed by atoms with Crippen LogP contribution >= 0.6 is 0 Å². The van der Waals surface area contributed by atoms with E-state index in [-0.39, 0.29) is 18.2 Å². The van der Waals surface area contributed by atoms with Crippen LogP contribution in [0.2, 0.25) is 0 Å². The minimum atomic E-state index is -4.73. The van der Waals surface area contributed by atoms with Crippen LogP contribution in [0.1, 0.15) is 81.4 Å². The van der Waals surface area contributed by atoms with Crippen molar-refractivity contribution in [3.63, 3.8) is 0 Å². The summed E-state index contributed by atoms with van der Waals surface area (Å²) in [7, 11) is 0. The van der Waals surface area contributed by atoms with Gasteiger partial charge in [0.25, 0.3) is 5.91 Å². The summed E-state index contributed by atoms with van der Waals surface area (Å²) in [5.41, 5.74) is 0.405. The highest BCUT2D eigenvalue weighted by molar-refractivity contribution is 6.04. The summed E-state index contributed by atoms with van der Waals surface area (Å²) in [5.74, 6) is 0.118. The van der Waals surface area contributed by atoms with Crippen molar-refractivity contribution in [1.82, 2.24) is 9.80 Å². The van der Waals surface area contributed by atoms with Crippen LogP contribution in [0.3, 0.4) is 0 Å². The van der Waals surface area contributed by atoms with Crippen molar-refractivity contribution >= 4 is 23.6 Å². The molecular formula is C35H41F4N3O5. The van der Waals surface area contributed by atoms with Crippen LogP contribution in [0.15, 0.2) is 42.5 Å².